The Kier molecular flexibility index (Phi) is 2.67. The summed E-state index contributed by atoms with van der Waals surface area (Å²) in [5, 5.41) is 11.8. The van der Waals surface area contributed by atoms with E-state index >= 15 is 0 Å². The number of carbonyl (C=O) groups excluding carboxylic acids is 1. The van der Waals surface area contributed by atoms with Crippen LogP contribution in [-0.4, -0.2) is 10.3 Å². The Bertz CT molecular complexity index is 609. The van der Waals surface area contributed by atoms with Crippen molar-refractivity contribution in [3.05, 3.63) is 34.6 Å². The molecule has 80 valence electrons. The van der Waals surface area contributed by atoms with Crippen molar-refractivity contribution >= 4 is 33.0 Å². The summed E-state index contributed by atoms with van der Waals surface area (Å²) < 4.78 is 2.49. The van der Waals surface area contributed by atoms with E-state index in [1.165, 1.54) is 6.92 Å². The highest BCUT2D eigenvalue weighted by molar-refractivity contribution is 9.10. The highest BCUT2D eigenvalue weighted by atomic mass is 79.9. The molecule has 1 N–H and O–H groups in total. The number of nitrogens with one attached hydrogen (secondary N) is 1. The van der Waals surface area contributed by atoms with Gasteiger partial charge in [-0.1, -0.05) is 6.07 Å². The summed E-state index contributed by atoms with van der Waals surface area (Å²) in [4.78, 5) is 11.1. The molecule has 0 aromatic carbocycles. The first-order valence-electron chi connectivity index (χ1n) is 4.61. The van der Waals surface area contributed by atoms with Gasteiger partial charge in [-0.3, -0.25) is 4.79 Å². The number of anilines is 1. The zero-order valence-corrected chi connectivity index (χ0v) is 10.1. The van der Waals surface area contributed by atoms with Crippen LogP contribution >= 0.6 is 15.9 Å². The third-order valence-corrected chi connectivity index (χ3v) is 2.98. The van der Waals surface area contributed by atoms with Crippen molar-refractivity contribution in [1.82, 2.24) is 4.40 Å². The monoisotopic (exact) mass is 277 g/mol. The van der Waals surface area contributed by atoms with Crippen LogP contribution < -0.4 is 5.32 Å². The third kappa shape index (κ3) is 1.57. The number of nitrogens with zero attached hydrogens (tertiary/aromatic N) is 2. The number of rotatable bonds is 1. The number of aromatic nitrogens is 1. The fourth-order valence-electron chi connectivity index (χ4n) is 1.57. The molecule has 0 saturated heterocycles. The summed E-state index contributed by atoms with van der Waals surface area (Å²) in [7, 11) is 0. The predicted molar refractivity (Wildman–Crippen MR) is 64.1 cm³/mol. The molecule has 0 bridgehead atoms. The highest BCUT2D eigenvalue weighted by Crippen LogP contribution is 2.32. The van der Waals surface area contributed by atoms with Crippen LogP contribution in [0.3, 0.4) is 0 Å². The Balaban J connectivity index is 2.77. The second-order valence-electron chi connectivity index (χ2n) is 3.29. The number of amides is 1. The first-order valence-corrected chi connectivity index (χ1v) is 5.40. The Morgan fingerprint density at radius 2 is 2.31 bits per heavy atom. The van der Waals surface area contributed by atoms with Crippen molar-refractivity contribution in [3.8, 4) is 6.07 Å². The van der Waals surface area contributed by atoms with E-state index in [0.29, 0.717) is 15.9 Å². The van der Waals surface area contributed by atoms with Crippen LogP contribution in [0.25, 0.3) is 5.52 Å². The molecule has 0 atom stereocenters. The van der Waals surface area contributed by atoms with Crippen molar-refractivity contribution in [2.45, 2.75) is 6.92 Å². The largest absolute Gasteiger partial charge is 0.323 e. The molecule has 2 rings (SSSR count). The second-order valence-corrected chi connectivity index (χ2v) is 4.04. The van der Waals surface area contributed by atoms with Gasteiger partial charge in [0, 0.05) is 13.1 Å². The lowest BCUT2D eigenvalue weighted by Gasteiger charge is -1.99. The first-order chi connectivity index (χ1) is 7.65. The molecule has 0 aliphatic rings. The summed E-state index contributed by atoms with van der Waals surface area (Å²) in [5.41, 5.74) is 1.74. The van der Waals surface area contributed by atoms with Gasteiger partial charge in [0.1, 0.15) is 16.2 Å². The average Bonchev–Trinajstić information content (AvgIpc) is 2.52. The molecular weight excluding hydrogens is 270 g/mol. The Labute approximate surface area is 101 Å². The number of fused-ring (bicyclic) bond motifs is 1. The van der Waals surface area contributed by atoms with E-state index in [-0.39, 0.29) is 5.91 Å². The topological polar surface area (TPSA) is 57.3 Å². The van der Waals surface area contributed by atoms with Crippen LogP contribution in [0.15, 0.2) is 29.0 Å². The van der Waals surface area contributed by atoms with Gasteiger partial charge < -0.3 is 9.72 Å². The fourth-order valence-corrected chi connectivity index (χ4v) is 2.18. The summed E-state index contributed by atoms with van der Waals surface area (Å²) in [6, 6.07) is 7.63. The van der Waals surface area contributed by atoms with Gasteiger partial charge in [0.2, 0.25) is 5.91 Å². The molecular formula is C11H8BrN3O. The number of carbonyl (C=O) groups is 1. The van der Waals surface area contributed by atoms with Crippen LogP contribution in [0.1, 0.15) is 12.5 Å². The van der Waals surface area contributed by atoms with Gasteiger partial charge in [0.05, 0.1) is 11.2 Å². The number of pyridine rings is 1. The molecule has 2 aromatic rings. The molecule has 0 radical (unpaired) electrons. The lowest BCUT2D eigenvalue weighted by molar-refractivity contribution is -0.114. The van der Waals surface area contributed by atoms with Gasteiger partial charge >= 0.3 is 0 Å². The van der Waals surface area contributed by atoms with E-state index < -0.39 is 0 Å². The maximum Gasteiger partial charge on any atom is 0.221 e. The zero-order valence-electron chi connectivity index (χ0n) is 8.49. The minimum Gasteiger partial charge on any atom is -0.323 e. The smallest absolute Gasteiger partial charge is 0.221 e. The lowest BCUT2D eigenvalue weighted by Crippen LogP contribution is -2.06. The van der Waals surface area contributed by atoms with Crippen molar-refractivity contribution in [2.24, 2.45) is 0 Å². The molecule has 0 aliphatic carbocycles. The molecule has 1 amide bonds. The van der Waals surface area contributed by atoms with Crippen LogP contribution in [0.4, 0.5) is 5.69 Å². The molecule has 4 nitrogen and oxygen atoms in total. The molecule has 0 saturated carbocycles. The molecule has 0 spiro atoms. The van der Waals surface area contributed by atoms with E-state index in [1.54, 1.807) is 0 Å². The zero-order chi connectivity index (χ0) is 11.7. The highest BCUT2D eigenvalue weighted by Gasteiger charge is 2.16. The van der Waals surface area contributed by atoms with Crippen LogP contribution in [0, 0.1) is 11.3 Å². The SMILES string of the molecule is CC(=O)Nc1c(C#N)c2ccccn2c1Br. The van der Waals surface area contributed by atoms with Gasteiger partial charge in [-0.25, -0.2) is 0 Å². The number of hydrogen-bond acceptors (Lipinski definition) is 2. The van der Waals surface area contributed by atoms with Crippen molar-refractivity contribution < 1.29 is 4.79 Å². The predicted octanol–water partition coefficient (Wildman–Crippen LogP) is 2.53. The molecule has 5 heteroatoms. The minimum atomic E-state index is -0.201. The van der Waals surface area contributed by atoms with Crippen molar-refractivity contribution in [2.75, 3.05) is 5.32 Å². The van der Waals surface area contributed by atoms with Gasteiger partial charge in [-0.05, 0) is 28.1 Å². The van der Waals surface area contributed by atoms with Gasteiger partial charge in [-0.2, -0.15) is 5.26 Å². The summed E-state index contributed by atoms with van der Waals surface area (Å²) in [5.74, 6) is -0.201. The van der Waals surface area contributed by atoms with Crippen molar-refractivity contribution in [3.63, 3.8) is 0 Å². The molecule has 0 aliphatic heterocycles. The van der Waals surface area contributed by atoms with E-state index in [9.17, 15) is 4.79 Å². The van der Waals surface area contributed by atoms with Gasteiger partial charge in [0.25, 0.3) is 0 Å². The normalized spacial score (nSPS) is 10.1. The number of nitriles is 1. The Morgan fingerprint density at radius 3 is 2.94 bits per heavy atom. The van der Waals surface area contributed by atoms with Crippen LogP contribution in [0.5, 0.6) is 0 Å². The average molecular weight is 278 g/mol. The first kappa shape index (κ1) is 10.7. The van der Waals surface area contributed by atoms with Gasteiger partial charge in [0.15, 0.2) is 0 Å². The maximum atomic E-state index is 11.1. The molecule has 16 heavy (non-hydrogen) atoms. The van der Waals surface area contributed by atoms with Crippen molar-refractivity contribution in [1.29, 1.82) is 5.26 Å². The van der Waals surface area contributed by atoms with Crippen LogP contribution in [0.2, 0.25) is 0 Å². The molecule has 0 unspecified atom stereocenters. The number of halogens is 1. The quantitative estimate of drug-likeness (QED) is 0.871. The molecule has 2 heterocycles. The van der Waals surface area contributed by atoms with E-state index in [0.717, 1.165) is 5.52 Å². The molecule has 2 aromatic heterocycles. The molecule has 0 fully saturated rings. The van der Waals surface area contributed by atoms with E-state index in [4.69, 9.17) is 5.26 Å². The standard InChI is InChI=1S/C11H8BrN3O/c1-7(16)14-10-8(6-13)9-4-2-3-5-15(9)11(10)12/h2-5H,1H3,(H,14,16). The van der Waals surface area contributed by atoms with E-state index in [2.05, 4.69) is 27.3 Å². The lowest BCUT2D eigenvalue weighted by atomic mass is 10.2. The summed E-state index contributed by atoms with van der Waals surface area (Å²) >= 11 is 3.37. The Morgan fingerprint density at radius 1 is 1.56 bits per heavy atom. The second kappa shape index (κ2) is 3.99. The van der Waals surface area contributed by atoms with Gasteiger partial charge in [-0.15, -0.1) is 0 Å². The van der Waals surface area contributed by atoms with Crippen LogP contribution in [-0.2, 0) is 4.79 Å². The minimum absolute atomic E-state index is 0.201. The summed E-state index contributed by atoms with van der Waals surface area (Å²) in [6.07, 6.45) is 1.82. The van der Waals surface area contributed by atoms with E-state index in [1.807, 2.05) is 28.8 Å². The maximum absolute atomic E-state index is 11.1. The third-order valence-electron chi connectivity index (χ3n) is 2.20. The fraction of sp³-hybridized carbons (Fsp3) is 0.0909. The number of hydrogen-bond donors (Lipinski definition) is 1. The Hall–Kier alpha value is -1.80. The summed E-state index contributed by atoms with van der Waals surface area (Å²) in [6.45, 7) is 1.41.